The maximum absolute atomic E-state index is 13.1. The Kier molecular flexibility index (Phi) is 9.50. The van der Waals surface area contributed by atoms with Crippen molar-refractivity contribution in [3.05, 3.63) is 30.1 Å². The normalized spacial score (nSPS) is 22.7. The molecular formula is C19H30Cl2N4O2. The molecule has 6 nitrogen and oxygen atoms in total. The fraction of sp³-hybridized carbons (Fsp3) is 0.632. The minimum absolute atomic E-state index is 0. The zero-order valence-corrected chi connectivity index (χ0v) is 17.5. The summed E-state index contributed by atoms with van der Waals surface area (Å²) in [6, 6.07) is 4.70. The molecule has 0 aromatic carbocycles. The Morgan fingerprint density at radius 2 is 1.78 bits per heavy atom. The van der Waals surface area contributed by atoms with Gasteiger partial charge >= 0.3 is 0 Å². The molecule has 27 heavy (non-hydrogen) atoms. The molecule has 1 unspecified atom stereocenters. The fourth-order valence-electron chi connectivity index (χ4n) is 3.86. The summed E-state index contributed by atoms with van der Waals surface area (Å²) in [7, 11) is 0. The van der Waals surface area contributed by atoms with Gasteiger partial charge in [0.2, 0.25) is 5.91 Å². The van der Waals surface area contributed by atoms with Crippen molar-refractivity contribution in [2.75, 3.05) is 26.2 Å². The van der Waals surface area contributed by atoms with Crippen molar-refractivity contribution in [3.63, 3.8) is 0 Å². The molecule has 3 atom stereocenters. The number of likely N-dealkylation sites (tertiary alicyclic amines) is 1. The second-order valence-electron chi connectivity index (χ2n) is 7.49. The Hall–Kier alpha value is -1.37. The maximum atomic E-state index is 13.1. The third kappa shape index (κ3) is 5.80. The van der Waals surface area contributed by atoms with Crippen molar-refractivity contribution in [2.24, 2.45) is 17.8 Å². The molecule has 0 bridgehead atoms. The predicted molar refractivity (Wildman–Crippen MR) is 110 cm³/mol. The number of amides is 2. The second kappa shape index (κ2) is 10.8. The van der Waals surface area contributed by atoms with E-state index in [1.165, 1.54) is 0 Å². The Bertz CT molecular complexity index is 601. The number of rotatable bonds is 4. The Morgan fingerprint density at radius 3 is 2.30 bits per heavy atom. The van der Waals surface area contributed by atoms with Gasteiger partial charge < -0.3 is 15.5 Å². The van der Waals surface area contributed by atoms with Crippen LogP contribution in [0.25, 0.3) is 0 Å². The predicted octanol–water partition coefficient (Wildman–Crippen LogP) is 2.14. The number of carbonyl (C=O) groups is 2. The van der Waals surface area contributed by atoms with Crippen LogP contribution >= 0.6 is 24.8 Å². The molecule has 8 heteroatoms. The van der Waals surface area contributed by atoms with E-state index in [4.69, 9.17) is 0 Å². The monoisotopic (exact) mass is 416 g/mol. The second-order valence-corrected chi connectivity index (χ2v) is 7.49. The number of hydrogen-bond acceptors (Lipinski definition) is 4. The molecule has 2 aliphatic rings. The number of fused-ring (bicyclic) bond motifs is 1. The van der Waals surface area contributed by atoms with Crippen LogP contribution in [0.4, 0.5) is 0 Å². The Balaban J connectivity index is 0.00000182. The van der Waals surface area contributed by atoms with Crippen molar-refractivity contribution >= 4 is 36.6 Å². The molecule has 3 rings (SSSR count). The van der Waals surface area contributed by atoms with E-state index in [1.807, 2.05) is 18.7 Å². The molecule has 152 valence electrons. The number of carbonyl (C=O) groups excluding carboxylic acids is 2. The first-order chi connectivity index (χ1) is 12.1. The average molecular weight is 417 g/mol. The number of nitrogens with one attached hydrogen (secondary N) is 2. The van der Waals surface area contributed by atoms with Gasteiger partial charge in [-0.1, -0.05) is 19.9 Å². The molecule has 2 saturated heterocycles. The first kappa shape index (κ1) is 23.7. The maximum Gasteiger partial charge on any atom is 0.270 e. The van der Waals surface area contributed by atoms with Gasteiger partial charge in [0, 0.05) is 19.3 Å². The van der Waals surface area contributed by atoms with Gasteiger partial charge in [0.25, 0.3) is 5.91 Å². The van der Waals surface area contributed by atoms with Gasteiger partial charge in [-0.05, 0) is 55.8 Å². The minimum atomic E-state index is -0.509. The molecule has 0 radical (unpaired) electrons. The van der Waals surface area contributed by atoms with E-state index in [0.29, 0.717) is 17.5 Å². The lowest BCUT2D eigenvalue weighted by atomic mass is 9.92. The van der Waals surface area contributed by atoms with Crippen LogP contribution in [0.3, 0.4) is 0 Å². The van der Waals surface area contributed by atoms with Crippen LogP contribution in [-0.2, 0) is 4.79 Å². The standard InChI is InChI=1S/C19H28N4O2.2ClH/c1-13(2)17(22-18(24)16-5-3-4-8-21-16)19(25)23-9-6-14-11-20-12-15(14)7-10-23;;/h3-5,8,13-15,17,20H,6-7,9-12H2,1-2H3,(H,22,24);2*1H/t14-,15+,17?;;. The molecule has 2 fully saturated rings. The van der Waals surface area contributed by atoms with E-state index in [1.54, 1.807) is 24.4 Å². The van der Waals surface area contributed by atoms with Crippen LogP contribution in [0.15, 0.2) is 24.4 Å². The number of aromatic nitrogens is 1. The summed E-state index contributed by atoms with van der Waals surface area (Å²) in [6.45, 7) is 7.64. The van der Waals surface area contributed by atoms with Crippen LogP contribution in [0, 0.1) is 17.8 Å². The summed E-state index contributed by atoms with van der Waals surface area (Å²) in [5, 5.41) is 6.35. The average Bonchev–Trinajstić information content (AvgIpc) is 2.97. The molecule has 2 amide bonds. The molecule has 2 N–H and O–H groups in total. The lowest BCUT2D eigenvalue weighted by Crippen LogP contribution is -2.51. The van der Waals surface area contributed by atoms with E-state index in [-0.39, 0.29) is 42.5 Å². The summed E-state index contributed by atoms with van der Waals surface area (Å²) < 4.78 is 0. The van der Waals surface area contributed by atoms with Crippen molar-refractivity contribution in [1.29, 1.82) is 0 Å². The zero-order chi connectivity index (χ0) is 17.8. The first-order valence-electron chi connectivity index (χ1n) is 9.27. The number of hydrogen-bond donors (Lipinski definition) is 2. The highest BCUT2D eigenvalue weighted by Crippen LogP contribution is 2.27. The fourth-order valence-corrected chi connectivity index (χ4v) is 3.86. The topological polar surface area (TPSA) is 74.3 Å². The highest BCUT2D eigenvalue weighted by atomic mass is 35.5. The van der Waals surface area contributed by atoms with Gasteiger partial charge in [0.15, 0.2) is 0 Å². The van der Waals surface area contributed by atoms with Gasteiger partial charge in [0.1, 0.15) is 11.7 Å². The molecule has 0 aliphatic carbocycles. The summed E-state index contributed by atoms with van der Waals surface area (Å²) >= 11 is 0. The van der Waals surface area contributed by atoms with Crippen LogP contribution in [0.5, 0.6) is 0 Å². The molecule has 3 heterocycles. The lowest BCUT2D eigenvalue weighted by Gasteiger charge is -2.29. The highest BCUT2D eigenvalue weighted by molar-refractivity contribution is 5.96. The quantitative estimate of drug-likeness (QED) is 0.788. The number of nitrogens with zero attached hydrogens (tertiary/aromatic N) is 2. The SMILES string of the molecule is CC(C)C(NC(=O)c1ccccn1)C(=O)N1CC[C@@H]2CNC[C@@H]2CC1.Cl.Cl. The number of halogens is 2. The Labute approximate surface area is 173 Å². The van der Waals surface area contributed by atoms with Crippen molar-refractivity contribution in [2.45, 2.75) is 32.7 Å². The van der Waals surface area contributed by atoms with Gasteiger partial charge in [-0.2, -0.15) is 0 Å². The van der Waals surface area contributed by atoms with Crippen molar-refractivity contribution < 1.29 is 9.59 Å². The summed E-state index contributed by atoms with van der Waals surface area (Å²) in [5.41, 5.74) is 0.345. The molecule has 0 spiro atoms. The van der Waals surface area contributed by atoms with Crippen LogP contribution in [0.1, 0.15) is 37.2 Å². The smallest absolute Gasteiger partial charge is 0.270 e. The van der Waals surface area contributed by atoms with Gasteiger partial charge in [0.05, 0.1) is 0 Å². The lowest BCUT2D eigenvalue weighted by molar-refractivity contribution is -0.134. The van der Waals surface area contributed by atoms with Gasteiger partial charge in [-0.25, -0.2) is 0 Å². The van der Waals surface area contributed by atoms with E-state index in [2.05, 4.69) is 15.6 Å². The first-order valence-corrected chi connectivity index (χ1v) is 9.27. The third-order valence-corrected chi connectivity index (χ3v) is 5.45. The minimum Gasteiger partial charge on any atom is -0.341 e. The van der Waals surface area contributed by atoms with Gasteiger partial charge in [-0.3, -0.25) is 14.6 Å². The zero-order valence-electron chi connectivity index (χ0n) is 15.9. The molecule has 0 saturated carbocycles. The molecule has 1 aromatic rings. The van der Waals surface area contributed by atoms with Crippen LogP contribution in [-0.4, -0.2) is 53.9 Å². The van der Waals surface area contributed by atoms with Gasteiger partial charge in [-0.15, -0.1) is 24.8 Å². The molecule has 1 aromatic heterocycles. The van der Waals surface area contributed by atoms with E-state index < -0.39 is 6.04 Å². The number of pyridine rings is 1. The third-order valence-electron chi connectivity index (χ3n) is 5.45. The highest BCUT2D eigenvalue weighted by Gasteiger charge is 2.34. The Morgan fingerprint density at radius 1 is 1.15 bits per heavy atom. The van der Waals surface area contributed by atoms with E-state index in [9.17, 15) is 9.59 Å². The summed E-state index contributed by atoms with van der Waals surface area (Å²) in [5.74, 6) is 1.14. The van der Waals surface area contributed by atoms with E-state index >= 15 is 0 Å². The largest absolute Gasteiger partial charge is 0.341 e. The molecule has 2 aliphatic heterocycles. The molecular weight excluding hydrogens is 387 g/mol. The van der Waals surface area contributed by atoms with Crippen LogP contribution < -0.4 is 10.6 Å². The van der Waals surface area contributed by atoms with Crippen LogP contribution in [0.2, 0.25) is 0 Å². The van der Waals surface area contributed by atoms with Crippen molar-refractivity contribution in [1.82, 2.24) is 20.5 Å². The summed E-state index contributed by atoms with van der Waals surface area (Å²) in [6.07, 6.45) is 3.67. The van der Waals surface area contributed by atoms with E-state index in [0.717, 1.165) is 39.0 Å². The van der Waals surface area contributed by atoms with Crippen molar-refractivity contribution in [3.8, 4) is 0 Å². The summed E-state index contributed by atoms with van der Waals surface area (Å²) in [4.78, 5) is 31.5.